The zero-order chi connectivity index (χ0) is 17.8. The Morgan fingerprint density at radius 3 is 2.35 bits per heavy atom. The maximum absolute atomic E-state index is 12.6. The number of amides is 1. The fourth-order valence-electron chi connectivity index (χ4n) is 1.83. The molecule has 1 aromatic rings. The molecule has 0 fully saturated rings. The summed E-state index contributed by atoms with van der Waals surface area (Å²) in [7, 11) is 0.545. The van der Waals surface area contributed by atoms with Crippen LogP contribution in [0.1, 0.15) is 24.2 Å². The lowest BCUT2D eigenvalue weighted by molar-refractivity contribution is -0.146. The normalized spacial score (nSPS) is 12.8. The smallest absolute Gasteiger partial charge is 0.324 e. The van der Waals surface area contributed by atoms with Crippen LogP contribution >= 0.6 is 0 Å². The van der Waals surface area contributed by atoms with Crippen molar-refractivity contribution >= 4 is 21.9 Å². The highest BCUT2D eigenvalue weighted by Gasteiger charge is 2.30. The fourth-order valence-corrected chi connectivity index (χ4v) is 3.19. The van der Waals surface area contributed by atoms with Crippen molar-refractivity contribution < 1.29 is 22.7 Å². The van der Waals surface area contributed by atoms with E-state index in [0.717, 1.165) is 4.31 Å². The van der Waals surface area contributed by atoms with Gasteiger partial charge in [0.25, 0.3) is 5.91 Å². The van der Waals surface area contributed by atoms with Crippen LogP contribution in [0.15, 0.2) is 29.2 Å². The summed E-state index contributed by atoms with van der Waals surface area (Å²) in [4.78, 5) is 25.0. The summed E-state index contributed by atoms with van der Waals surface area (Å²) in [5.74, 6) is -0.928. The zero-order valence-corrected chi connectivity index (χ0v) is 14.8. The maximum Gasteiger partial charge on any atom is 0.324 e. The van der Waals surface area contributed by atoms with Gasteiger partial charge in [0.2, 0.25) is 10.0 Å². The maximum atomic E-state index is 12.6. The molecule has 0 radical (unpaired) electrons. The minimum atomic E-state index is -3.92. The molecular formula is C15H22N2O5S. The molecule has 0 unspecified atom stereocenters. The number of hydrogen-bond acceptors (Lipinski definition) is 5. The summed E-state index contributed by atoms with van der Waals surface area (Å²) >= 11 is 0. The number of likely N-dealkylation sites (N-methyl/N-ethyl adjacent to an activating group) is 1. The Labute approximate surface area is 136 Å². The Bertz CT molecular complexity index is 685. The topological polar surface area (TPSA) is 84.0 Å². The van der Waals surface area contributed by atoms with Crippen molar-refractivity contribution in [1.29, 1.82) is 0 Å². The molecule has 0 saturated heterocycles. The molecule has 7 nitrogen and oxygen atoms in total. The predicted octanol–water partition coefficient (Wildman–Crippen LogP) is 0.961. The van der Waals surface area contributed by atoms with E-state index < -0.39 is 22.0 Å². The van der Waals surface area contributed by atoms with Crippen LogP contribution in [0.3, 0.4) is 0 Å². The first-order valence-corrected chi connectivity index (χ1v) is 8.53. The molecule has 0 aliphatic rings. The monoisotopic (exact) mass is 342 g/mol. The van der Waals surface area contributed by atoms with E-state index in [1.54, 1.807) is 21.0 Å². The number of rotatable bonds is 6. The van der Waals surface area contributed by atoms with Gasteiger partial charge in [0.15, 0.2) is 0 Å². The Kier molecular flexibility index (Phi) is 6.28. The number of esters is 1. The van der Waals surface area contributed by atoms with Gasteiger partial charge in [-0.3, -0.25) is 9.59 Å². The van der Waals surface area contributed by atoms with Gasteiger partial charge in [-0.15, -0.1) is 0 Å². The van der Waals surface area contributed by atoms with Gasteiger partial charge in [0.05, 0.1) is 11.5 Å². The van der Waals surface area contributed by atoms with Gasteiger partial charge >= 0.3 is 5.97 Å². The first kappa shape index (κ1) is 19.1. The SMILES string of the molecule is CCOC(=O)[C@H](C)N(C)S(=O)(=O)c1cccc(C(=O)N(C)C)c1. The molecule has 0 aromatic heterocycles. The van der Waals surface area contributed by atoms with Crippen molar-refractivity contribution in [3.05, 3.63) is 29.8 Å². The van der Waals surface area contributed by atoms with Gasteiger partial charge in [0.1, 0.15) is 6.04 Å². The summed E-state index contributed by atoms with van der Waals surface area (Å²) in [6.45, 7) is 3.27. The Hall–Kier alpha value is -1.93. The van der Waals surface area contributed by atoms with Crippen molar-refractivity contribution in [2.75, 3.05) is 27.7 Å². The molecule has 0 spiro atoms. The molecule has 8 heteroatoms. The van der Waals surface area contributed by atoms with Crippen LogP contribution in [0.25, 0.3) is 0 Å². The average molecular weight is 342 g/mol. The third-order valence-electron chi connectivity index (χ3n) is 3.34. The minimum Gasteiger partial charge on any atom is -0.465 e. The molecule has 128 valence electrons. The lowest BCUT2D eigenvalue weighted by Crippen LogP contribution is -2.41. The van der Waals surface area contributed by atoms with E-state index in [-0.39, 0.29) is 23.0 Å². The van der Waals surface area contributed by atoms with E-state index in [1.165, 1.54) is 43.1 Å². The van der Waals surface area contributed by atoms with Crippen LogP contribution < -0.4 is 0 Å². The number of hydrogen-bond donors (Lipinski definition) is 0. The molecule has 0 heterocycles. The molecule has 0 N–H and O–H groups in total. The van der Waals surface area contributed by atoms with Crippen molar-refractivity contribution in [2.45, 2.75) is 24.8 Å². The van der Waals surface area contributed by atoms with Crippen molar-refractivity contribution in [2.24, 2.45) is 0 Å². The van der Waals surface area contributed by atoms with E-state index >= 15 is 0 Å². The number of ether oxygens (including phenoxy) is 1. The molecule has 1 amide bonds. The van der Waals surface area contributed by atoms with Crippen molar-refractivity contribution in [1.82, 2.24) is 9.21 Å². The molecule has 0 aliphatic heterocycles. The van der Waals surface area contributed by atoms with Gasteiger partial charge in [0, 0.05) is 26.7 Å². The highest BCUT2D eigenvalue weighted by molar-refractivity contribution is 7.89. The lowest BCUT2D eigenvalue weighted by Gasteiger charge is -2.23. The van der Waals surface area contributed by atoms with E-state index in [1.807, 2.05) is 0 Å². The zero-order valence-electron chi connectivity index (χ0n) is 13.9. The van der Waals surface area contributed by atoms with E-state index in [0.29, 0.717) is 0 Å². The summed E-state index contributed by atoms with van der Waals surface area (Å²) < 4.78 is 31.0. The van der Waals surface area contributed by atoms with Crippen molar-refractivity contribution in [3.8, 4) is 0 Å². The summed E-state index contributed by atoms with van der Waals surface area (Å²) in [6, 6.07) is 4.75. The summed E-state index contributed by atoms with van der Waals surface area (Å²) in [5.41, 5.74) is 0.258. The van der Waals surface area contributed by atoms with Crippen molar-refractivity contribution in [3.63, 3.8) is 0 Å². The first-order valence-electron chi connectivity index (χ1n) is 7.09. The Balaban J connectivity index is 3.16. The Morgan fingerprint density at radius 1 is 1.22 bits per heavy atom. The molecular weight excluding hydrogens is 320 g/mol. The molecule has 23 heavy (non-hydrogen) atoms. The van der Waals surface area contributed by atoms with Gasteiger partial charge in [-0.05, 0) is 32.0 Å². The number of nitrogens with zero attached hydrogens (tertiary/aromatic N) is 2. The highest BCUT2D eigenvalue weighted by atomic mass is 32.2. The standard InChI is InChI=1S/C15H22N2O5S/c1-6-22-15(19)11(2)17(5)23(20,21)13-9-7-8-12(10-13)14(18)16(3)4/h7-11H,6H2,1-5H3/t11-/m0/s1. The van der Waals surface area contributed by atoms with E-state index in [9.17, 15) is 18.0 Å². The van der Waals surface area contributed by atoms with Crippen LogP contribution in [0.5, 0.6) is 0 Å². The lowest BCUT2D eigenvalue weighted by atomic mass is 10.2. The molecule has 0 bridgehead atoms. The molecule has 1 rings (SSSR count). The second-order valence-electron chi connectivity index (χ2n) is 5.18. The van der Waals surface area contributed by atoms with Gasteiger partial charge in [-0.1, -0.05) is 6.07 Å². The molecule has 1 atom stereocenters. The quantitative estimate of drug-likeness (QED) is 0.719. The highest BCUT2D eigenvalue weighted by Crippen LogP contribution is 2.19. The number of benzene rings is 1. The van der Waals surface area contributed by atoms with E-state index in [4.69, 9.17) is 4.74 Å². The van der Waals surface area contributed by atoms with Crippen LogP contribution in [-0.4, -0.2) is 63.3 Å². The second kappa shape index (κ2) is 7.56. The second-order valence-corrected chi connectivity index (χ2v) is 7.17. The van der Waals surface area contributed by atoms with Crippen LogP contribution in [0, 0.1) is 0 Å². The summed E-state index contributed by atoms with van der Waals surface area (Å²) in [5, 5.41) is 0. The third-order valence-corrected chi connectivity index (χ3v) is 5.26. The first-order chi connectivity index (χ1) is 10.6. The number of carbonyl (C=O) groups excluding carboxylic acids is 2. The molecule has 0 aliphatic carbocycles. The largest absolute Gasteiger partial charge is 0.465 e. The number of sulfonamides is 1. The molecule has 0 saturated carbocycles. The van der Waals surface area contributed by atoms with Crippen LogP contribution in [0.4, 0.5) is 0 Å². The van der Waals surface area contributed by atoms with Gasteiger partial charge < -0.3 is 9.64 Å². The fraction of sp³-hybridized carbons (Fsp3) is 0.467. The van der Waals surface area contributed by atoms with Gasteiger partial charge in [-0.25, -0.2) is 8.42 Å². The van der Waals surface area contributed by atoms with Crippen LogP contribution in [-0.2, 0) is 19.6 Å². The van der Waals surface area contributed by atoms with Gasteiger partial charge in [-0.2, -0.15) is 4.31 Å². The predicted molar refractivity (Wildman–Crippen MR) is 85.5 cm³/mol. The molecule has 1 aromatic carbocycles. The summed E-state index contributed by atoms with van der Waals surface area (Å²) in [6.07, 6.45) is 0. The third kappa shape index (κ3) is 4.29. The minimum absolute atomic E-state index is 0.0520. The van der Waals surface area contributed by atoms with Crippen LogP contribution in [0.2, 0.25) is 0 Å². The van der Waals surface area contributed by atoms with E-state index in [2.05, 4.69) is 0 Å². The number of carbonyl (C=O) groups is 2. The average Bonchev–Trinajstić information content (AvgIpc) is 2.52. The Morgan fingerprint density at radius 2 is 1.83 bits per heavy atom.